The molecule has 5 unspecified atom stereocenters. The number of amides is 5. The van der Waals surface area contributed by atoms with Crippen LogP contribution in [0.4, 0.5) is 4.79 Å². The number of fused-ring (bicyclic) bond motifs is 1. The molecule has 1 aromatic carbocycles. The number of rotatable bonds is 12. The van der Waals surface area contributed by atoms with Crippen LogP contribution in [-0.2, 0) is 29.0 Å². The van der Waals surface area contributed by atoms with Crippen LogP contribution in [0.15, 0.2) is 35.2 Å². The largest absolute Gasteiger partial charge is 0.363 e. The average Bonchev–Trinajstić information content (AvgIpc) is 3.91. The molecule has 1 aromatic rings. The Hall–Kier alpha value is -3.52. The van der Waals surface area contributed by atoms with Gasteiger partial charge in [0, 0.05) is 0 Å². The first kappa shape index (κ1) is 32.9. The fraction of sp³-hybridized carbons (Fsp3) is 0.645. The molecule has 5 amide bonds. The second kappa shape index (κ2) is 11.4. The Morgan fingerprint density at radius 3 is 2.20 bits per heavy atom. The summed E-state index contributed by atoms with van der Waals surface area (Å²) in [6, 6.07) is 4.15. The van der Waals surface area contributed by atoms with Gasteiger partial charge < -0.3 is 31.1 Å². The predicted octanol–water partition coefficient (Wildman–Crippen LogP) is 0.0841. The highest BCUT2D eigenvalue weighted by Gasteiger charge is 2.73. The third-order valence-corrected chi connectivity index (χ3v) is 11.8. The third kappa shape index (κ3) is 6.86. The number of carbonyl (C=O) groups is 5. The van der Waals surface area contributed by atoms with Crippen molar-refractivity contribution < 1.29 is 36.9 Å². The van der Waals surface area contributed by atoms with E-state index in [1.807, 2.05) is 14.1 Å². The van der Waals surface area contributed by atoms with Crippen molar-refractivity contribution in [3.8, 4) is 0 Å². The van der Waals surface area contributed by atoms with E-state index in [1.165, 1.54) is 17.0 Å². The molecule has 4 aliphatic rings. The summed E-state index contributed by atoms with van der Waals surface area (Å²) in [5.74, 6) is -2.99. The Morgan fingerprint density at radius 1 is 1.04 bits per heavy atom. The third-order valence-electron chi connectivity index (χ3n) is 9.85. The van der Waals surface area contributed by atoms with E-state index in [1.54, 1.807) is 39.0 Å². The fourth-order valence-electron chi connectivity index (χ4n) is 6.70. The first-order valence-electron chi connectivity index (χ1n) is 15.5. The van der Waals surface area contributed by atoms with Gasteiger partial charge in [0.2, 0.25) is 17.6 Å². The van der Waals surface area contributed by atoms with Crippen molar-refractivity contribution >= 4 is 39.4 Å². The van der Waals surface area contributed by atoms with Gasteiger partial charge in [0.05, 0.1) is 42.9 Å². The molecule has 45 heavy (non-hydrogen) atoms. The number of Topliss-reactive ketones (excluding diaryl/α,β-unsaturated/α-hetero) is 1. The lowest BCUT2D eigenvalue weighted by Gasteiger charge is -2.37. The van der Waals surface area contributed by atoms with E-state index in [0.29, 0.717) is 23.7 Å². The molecule has 2 heterocycles. The molecule has 5 rings (SSSR count). The minimum Gasteiger partial charge on any atom is -0.363 e. The van der Waals surface area contributed by atoms with Gasteiger partial charge >= 0.3 is 6.03 Å². The molecule has 14 heteroatoms. The summed E-state index contributed by atoms with van der Waals surface area (Å²) >= 11 is 0. The molecule has 0 aromatic heterocycles. The Balaban J connectivity index is 1.30. The van der Waals surface area contributed by atoms with Crippen LogP contribution in [0.5, 0.6) is 0 Å². The average molecular weight is 646 g/mol. The highest BCUT2D eigenvalue weighted by Crippen LogP contribution is 2.46. The minimum atomic E-state index is -3.66. The highest BCUT2D eigenvalue weighted by molar-refractivity contribution is 7.91. The molecule has 0 radical (unpaired) electrons. The summed E-state index contributed by atoms with van der Waals surface area (Å²) < 4.78 is 26.6. The molecule has 2 aliphatic carbocycles. The van der Waals surface area contributed by atoms with Gasteiger partial charge in [-0.3, -0.25) is 19.2 Å². The second-order valence-corrected chi connectivity index (χ2v) is 16.8. The number of quaternary nitrogens is 1. The maximum absolute atomic E-state index is 14.2. The molecule has 4 fully saturated rings. The number of ketones is 1. The normalized spacial score (nSPS) is 25.7. The zero-order chi connectivity index (χ0) is 33.1. The maximum atomic E-state index is 14.2. The van der Waals surface area contributed by atoms with Crippen molar-refractivity contribution in [3.63, 3.8) is 0 Å². The maximum Gasteiger partial charge on any atom is 0.315 e. The van der Waals surface area contributed by atoms with Gasteiger partial charge in [0.25, 0.3) is 5.91 Å². The number of carbonyl (C=O) groups excluding carboxylic acids is 5. The van der Waals surface area contributed by atoms with Crippen LogP contribution >= 0.6 is 0 Å². The van der Waals surface area contributed by atoms with E-state index in [0.717, 1.165) is 12.8 Å². The summed E-state index contributed by atoms with van der Waals surface area (Å²) in [4.78, 5) is 67.3. The van der Waals surface area contributed by atoms with Crippen molar-refractivity contribution in [2.24, 2.45) is 17.1 Å². The number of piperazine rings is 1. The number of urea groups is 1. The quantitative estimate of drug-likeness (QED) is 0.141. The number of hydrogen-bond acceptors (Lipinski definition) is 7. The number of sulfone groups is 1. The molecule has 0 spiro atoms. The van der Waals surface area contributed by atoms with Gasteiger partial charge in [0.15, 0.2) is 28.0 Å². The zero-order valence-corrected chi connectivity index (χ0v) is 27.4. The highest BCUT2D eigenvalue weighted by atomic mass is 32.2. The topological polar surface area (TPSA) is 185 Å². The van der Waals surface area contributed by atoms with E-state index in [4.69, 9.17) is 5.73 Å². The van der Waals surface area contributed by atoms with Crippen LogP contribution in [0.2, 0.25) is 0 Å². The number of primary amides is 1. The number of nitrogens with two attached hydrogens (primary N) is 1. The van der Waals surface area contributed by atoms with Gasteiger partial charge in [-0.25, -0.2) is 13.2 Å². The van der Waals surface area contributed by atoms with Gasteiger partial charge in [-0.2, -0.15) is 0 Å². The Morgan fingerprint density at radius 2 is 1.67 bits per heavy atom. The van der Waals surface area contributed by atoms with Crippen LogP contribution in [0.1, 0.15) is 52.9 Å². The molecule has 2 aliphatic heterocycles. The Kier molecular flexibility index (Phi) is 8.31. The predicted molar refractivity (Wildman–Crippen MR) is 164 cm³/mol. The van der Waals surface area contributed by atoms with Crippen LogP contribution < -0.4 is 21.7 Å². The lowest BCUT2D eigenvalue weighted by Crippen LogP contribution is -2.63. The van der Waals surface area contributed by atoms with Crippen molar-refractivity contribution in [3.05, 3.63) is 30.3 Å². The smallest absolute Gasteiger partial charge is 0.315 e. The summed E-state index contributed by atoms with van der Waals surface area (Å²) in [6.45, 7) is 5.67. The standard InChI is InChI=1S/C31H44N6O7S/c1-30(2,3)25(34-29(42)35-31(13-14-31)17-45(43,44)19-9-7-6-8-10-19)28(41)36-16-21-23(37(21,4)5)22(36)27(40)33-20(15-18-11-12-18)24(38)26(32)39/h6-10,18,20-23,25H,11-17H2,1-5H3,(H4-,32,33,34,35,39,40,42)/p+1. The van der Waals surface area contributed by atoms with Gasteiger partial charge in [0.1, 0.15) is 6.04 Å². The number of likely N-dealkylation sites (tertiary alicyclic amines) is 1. The molecule has 246 valence electrons. The van der Waals surface area contributed by atoms with Crippen LogP contribution in [0, 0.1) is 11.3 Å². The number of hydrogen-bond donors (Lipinski definition) is 4. The molecular formula is C31H45N6O7S+. The van der Waals surface area contributed by atoms with E-state index in [-0.39, 0.29) is 35.2 Å². The van der Waals surface area contributed by atoms with E-state index in [2.05, 4.69) is 16.0 Å². The first-order valence-corrected chi connectivity index (χ1v) is 17.2. The summed E-state index contributed by atoms with van der Waals surface area (Å²) in [7, 11) is 0.284. The molecule has 13 nitrogen and oxygen atoms in total. The minimum absolute atomic E-state index is 0.00852. The Bertz CT molecular complexity index is 1500. The lowest BCUT2D eigenvalue weighted by atomic mass is 9.85. The van der Waals surface area contributed by atoms with Gasteiger partial charge in [-0.05, 0) is 42.7 Å². The molecular weight excluding hydrogens is 600 g/mol. The number of nitrogens with one attached hydrogen (secondary N) is 3. The van der Waals surface area contributed by atoms with Gasteiger partial charge in [-0.15, -0.1) is 0 Å². The monoisotopic (exact) mass is 645 g/mol. The SMILES string of the molecule is CC(C)(C)C(NC(=O)NC1(CS(=O)(=O)c2ccccc2)CC1)C(=O)N1CC2C(C1C(=O)NC(CC1CC1)C(=O)C(N)=O)[N+]2(C)C. The lowest BCUT2D eigenvalue weighted by molar-refractivity contribution is -0.788. The first-order chi connectivity index (χ1) is 20.9. The van der Waals surface area contributed by atoms with E-state index in [9.17, 15) is 32.4 Å². The van der Waals surface area contributed by atoms with Crippen molar-refractivity contribution in [1.29, 1.82) is 0 Å². The summed E-state index contributed by atoms with van der Waals surface area (Å²) in [5, 5.41) is 8.34. The number of likely N-dealkylation sites (N-methyl/N-ethyl adjacent to an activating group) is 1. The second-order valence-electron chi connectivity index (χ2n) is 14.8. The van der Waals surface area contributed by atoms with Crippen molar-refractivity contribution in [2.75, 3.05) is 26.4 Å². The zero-order valence-electron chi connectivity index (χ0n) is 26.5. The number of benzene rings is 1. The van der Waals surface area contributed by atoms with E-state index < -0.39 is 68.5 Å². The van der Waals surface area contributed by atoms with Crippen molar-refractivity contribution in [1.82, 2.24) is 20.9 Å². The molecule has 5 atom stereocenters. The molecule has 5 N–H and O–H groups in total. The summed E-state index contributed by atoms with van der Waals surface area (Å²) in [5.41, 5.74) is 3.57. The van der Waals surface area contributed by atoms with Crippen LogP contribution in [0.25, 0.3) is 0 Å². The van der Waals surface area contributed by atoms with E-state index >= 15 is 0 Å². The number of nitrogens with zero attached hydrogens (tertiary/aromatic N) is 2. The van der Waals surface area contributed by atoms with Gasteiger partial charge in [-0.1, -0.05) is 51.8 Å². The summed E-state index contributed by atoms with van der Waals surface area (Å²) in [6.07, 6.45) is 3.09. The molecule has 2 saturated heterocycles. The fourth-order valence-corrected chi connectivity index (χ4v) is 8.53. The molecule has 0 bridgehead atoms. The van der Waals surface area contributed by atoms with Crippen molar-refractivity contribution in [2.45, 2.75) is 93.5 Å². The van der Waals surface area contributed by atoms with Crippen LogP contribution in [-0.4, -0.2) is 109 Å². The Labute approximate surface area is 264 Å². The molecule has 2 saturated carbocycles. The van der Waals surface area contributed by atoms with Crippen LogP contribution in [0.3, 0.4) is 0 Å².